The summed E-state index contributed by atoms with van der Waals surface area (Å²) < 4.78 is 11.5. The molecule has 1 aliphatic rings. The van der Waals surface area contributed by atoms with Crippen LogP contribution >= 0.6 is 0 Å². The van der Waals surface area contributed by atoms with Crippen LogP contribution in [-0.4, -0.2) is 30.2 Å². The largest absolute Gasteiger partial charge is 0.391 e. The zero-order valence-electron chi connectivity index (χ0n) is 12.6. The average Bonchev–Trinajstić information content (AvgIpc) is 2.26. The summed E-state index contributed by atoms with van der Waals surface area (Å²) in [6, 6.07) is 0. The molecular weight excluding hydrogens is 228 g/mol. The molecule has 0 aliphatic heterocycles. The fourth-order valence-corrected chi connectivity index (χ4v) is 2.83. The second kappa shape index (κ2) is 7.46. The minimum Gasteiger partial charge on any atom is -0.391 e. The number of aliphatic hydroxyl groups is 1. The first-order valence-electron chi connectivity index (χ1n) is 7.35. The molecule has 0 heterocycles. The molecule has 5 atom stereocenters. The Hall–Kier alpha value is -0.120. The van der Waals surface area contributed by atoms with E-state index in [9.17, 15) is 5.11 Å². The number of ether oxygens (including phenoxy) is 2. The van der Waals surface area contributed by atoms with Gasteiger partial charge in [0, 0.05) is 0 Å². The van der Waals surface area contributed by atoms with Crippen molar-refractivity contribution in [3.05, 3.63) is 0 Å². The first-order valence-corrected chi connectivity index (χ1v) is 7.35. The van der Waals surface area contributed by atoms with Crippen molar-refractivity contribution in [1.29, 1.82) is 0 Å². The van der Waals surface area contributed by atoms with Crippen molar-refractivity contribution >= 4 is 0 Å². The minimum absolute atomic E-state index is 0.226. The Balaban J connectivity index is 2.44. The molecule has 108 valence electrons. The summed E-state index contributed by atoms with van der Waals surface area (Å²) in [5.74, 6) is 2.04. The van der Waals surface area contributed by atoms with E-state index in [1.807, 2.05) is 6.92 Å². The highest BCUT2D eigenvalue weighted by molar-refractivity contribution is 4.81. The van der Waals surface area contributed by atoms with Gasteiger partial charge in [0.25, 0.3) is 0 Å². The minimum atomic E-state index is -0.428. The van der Waals surface area contributed by atoms with Crippen molar-refractivity contribution in [2.24, 2.45) is 17.8 Å². The SMILES string of the molecule is CC(O)COC(C)OC1CC(C)CCC1C(C)C. The number of hydrogen-bond donors (Lipinski definition) is 1. The normalized spacial score (nSPS) is 32.5. The third-order valence-electron chi connectivity index (χ3n) is 3.90. The van der Waals surface area contributed by atoms with Gasteiger partial charge >= 0.3 is 0 Å². The standard InChI is InChI=1S/C15H30O3/c1-10(2)14-7-6-11(3)8-15(14)18-13(5)17-9-12(4)16/h10-16H,6-9H2,1-5H3. The third-order valence-corrected chi connectivity index (χ3v) is 3.90. The van der Waals surface area contributed by atoms with Crippen molar-refractivity contribution in [1.82, 2.24) is 0 Å². The summed E-state index contributed by atoms with van der Waals surface area (Å²) >= 11 is 0. The van der Waals surface area contributed by atoms with Gasteiger partial charge in [-0.15, -0.1) is 0 Å². The Morgan fingerprint density at radius 1 is 1.17 bits per heavy atom. The van der Waals surface area contributed by atoms with E-state index in [1.54, 1.807) is 6.92 Å². The first-order chi connectivity index (χ1) is 8.40. The molecule has 0 spiro atoms. The summed E-state index contributed by atoms with van der Waals surface area (Å²) in [4.78, 5) is 0. The molecule has 0 aromatic carbocycles. The summed E-state index contributed by atoms with van der Waals surface area (Å²) in [7, 11) is 0. The molecule has 1 saturated carbocycles. The molecule has 1 fully saturated rings. The Bertz CT molecular complexity index is 228. The summed E-state index contributed by atoms with van der Waals surface area (Å²) in [6.45, 7) is 10.9. The van der Waals surface area contributed by atoms with Gasteiger partial charge in [0.2, 0.25) is 0 Å². The Labute approximate surface area is 112 Å². The van der Waals surface area contributed by atoms with Crippen LogP contribution in [0.25, 0.3) is 0 Å². The predicted molar refractivity (Wildman–Crippen MR) is 73.3 cm³/mol. The van der Waals surface area contributed by atoms with Crippen LogP contribution in [0.2, 0.25) is 0 Å². The monoisotopic (exact) mass is 258 g/mol. The lowest BCUT2D eigenvalue weighted by atomic mass is 9.75. The summed E-state index contributed by atoms with van der Waals surface area (Å²) in [5, 5.41) is 9.21. The molecule has 0 bridgehead atoms. The van der Waals surface area contributed by atoms with Gasteiger partial charge in [0.05, 0.1) is 18.8 Å². The highest BCUT2D eigenvalue weighted by atomic mass is 16.7. The van der Waals surface area contributed by atoms with E-state index >= 15 is 0 Å². The van der Waals surface area contributed by atoms with E-state index in [2.05, 4.69) is 20.8 Å². The smallest absolute Gasteiger partial charge is 0.155 e. The molecule has 5 unspecified atom stereocenters. The van der Waals surface area contributed by atoms with E-state index in [1.165, 1.54) is 12.8 Å². The fourth-order valence-electron chi connectivity index (χ4n) is 2.83. The third kappa shape index (κ3) is 5.25. The zero-order valence-corrected chi connectivity index (χ0v) is 12.6. The molecule has 18 heavy (non-hydrogen) atoms. The van der Waals surface area contributed by atoms with E-state index in [0.29, 0.717) is 24.5 Å². The van der Waals surface area contributed by atoms with Crippen LogP contribution in [0.1, 0.15) is 53.9 Å². The maximum absolute atomic E-state index is 9.21. The van der Waals surface area contributed by atoms with Crippen LogP contribution in [0.5, 0.6) is 0 Å². The molecule has 0 saturated heterocycles. The van der Waals surface area contributed by atoms with Crippen molar-refractivity contribution in [3.63, 3.8) is 0 Å². The maximum Gasteiger partial charge on any atom is 0.155 e. The van der Waals surface area contributed by atoms with Gasteiger partial charge in [0.1, 0.15) is 0 Å². The Morgan fingerprint density at radius 2 is 1.83 bits per heavy atom. The molecule has 1 N–H and O–H groups in total. The zero-order chi connectivity index (χ0) is 13.7. The lowest BCUT2D eigenvalue weighted by Crippen LogP contribution is -2.37. The summed E-state index contributed by atoms with van der Waals surface area (Å²) in [5.41, 5.74) is 0. The fraction of sp³-hybridized carbons (Fsp3) is 1.00. The Morgan fingerprint density at radius 3 is 2.39 bits per heavy atom. The van der Waals surface area contributed by atoms with Crippen molar-refractivity contribution in [2.75, 3.05) is 6.61 Å². The highest BCUT2D eigenvalue weighted by Gasteiger charge is 2.32. The number of aliphatic hydroxyl groups excluding tert-OH is 1. The average molecular weight is 258 g/mol. The van der Waals surface area contributed by atoms with Crippen LogP contribution in [-0.2, 0) is 9.47 Å². The van der Waals surface area contributed by atoms with Crippen molar-refractivity contribution in [3.8, 4) is 0 Å². The maximum atomic E-state index is 9.21. The molecule has 1 rings (SSSR count). The van der Waals surface area contributed by atoms with Crippen LogP contribution in [0.15, 0.2) is 0 Å². The summed E-state index contributed by atoms with van der Waals surface area (Å²) in [6.07, 6.45) is 3.35. The Kier molecular flexibility index (Phi) is 6.61. The number of hydrogen-bond acceptors (Lipinski definition) is 3. The van der Waals surface area contributed by atoms with Crippen LogP contribution in [0.4, 0.5) is 0 Å². The molecule has 0 aromatic rings. The van der Waals surface area contributed by atoms with Crippen LogP contribution < -0.4 is 0 Å². The lowest BCUT2D eigenvalue weighted by molar-refractivity contribution is -0.194. The molecular formula is C15H30O3. The quantitative estimate of drug-likeness (QED) is 0.744. The van der Waals surface area contributed by atoms with E-state index in [0.717, 1.165) is 12.3 Å². The van der Waals surface area contributed by atoms with Crippen molar-refractivity contribution in [2.45, 2.75) is 72.4 Å². The topological polar surface area (TPSA) is 38.7 Å². The molecule has 1 aliphatic carbocycles. The lowest BCUT2D eigenvalue weighted by Gasteiger charge is -2.38. The van der Waals surface area contributed by atoms with Crippen LogP contribution in [0, 0.1) is 17.8 Å². The second-order valence-electron chi connectivity index (χ2n) is 6.25. The van der Waals surface area contributed by atoms with E-state index < -0.39 is 6.10 Å². The molecule has 3 nitrogen and oxygen atoms in total. The molecule has 0 radical (unpaired) electrons. The van der Waals surface area contributed by atoms with Gasteiger partial charge in [-0.05, 0) is 44.4 Å². The van der Waals surface area contributed by atoms with Gasteiger partial charge in [-0.1, -0.05) is 27.2 Å². The van der Waals surface area contributed by atoms with E-state index in [-0.39, 0.29) is 6.29 Å². The van der Waals surface area contributed by atoms with Gasteiger partial charge in [-0.25, -0.2) is 0 Å². The van der Waals surface area contributed by atoms with Gasteiger partial charge in [0.15, 0.2) is 6.29 Å². The highest BCUT2D eigenvalue weighted by Crippen LogP contribution is 2.35. The molecule has 0 aromatic heterocycles. The van der Waals surface area contributed by atoms with Gasteiger partial charge in [-0.2, -0.15) is 0 Å². The predicted octanol–water partition coefficient (Wildman–Crippen LogP) is 3.21. The van der Waals surface area contributed by atoms with E-state index in [4.69, 9.17) is 9.47 Å². The molecule has 3 heteroatoms. The van der Waals surface area contributed by atoms with Crippen molar-refractivity contribution < 1.29 is 14.6 Å². The first kappa shape index (κ1) is 15.9. The molecule has 0 amide bonds. The van der Waals surface area contributed by atoms with Gasteiger partial charge in [-0.3, -0.25) is 0 Å². The second-order valence-corrected chi connectivity index (χ2v) is 6.25. The van der Waals surface area contributed by atoms with Gasteiger partial charge < -0.3 is 14.6 Å². The van der Waals surface area contributed by atoms with Crippen LogP contribution in [0.3, 0.4) is 0 Å². The number of rotatable bonds is 6.